The van der Waals surface area contributed by atoms with Crippen LogP contribution in [0.2, 0.25) is 0 Å². The van der Waals surface area contributed by atoms with Gasteiger partial charge in [-0.3, -0.25) is 9.20 Å². The largest absolute Gasteiger partial charge is 0.497 e. The van der Waals surface area contributed by atoms with Crippen LogP contribution < -0.4 is 10.3 Å². The molecule has 2 aromatic carbocycles. The first-order valence-electron chi connectivity index (χ1n) is 7.07. The highest BCUT2D eigenvalue weighted by Crippen LogP contribution is 2.22. The molecule has 0 amide bonds. The van der Waals surface area contributed by atoms with Crippen LogP contribution in [-0.2, 0) is 0 Å². The van der Waals surface area contributed by atoms with Gasteiger partial charge in [0.05, 0.1) is 23.5 Å². The normalized spacial score (nSPS) is 11.4. The molecule has 4 aromatic rings. The molecule has 0 aliphatic heterocycles. The molecule has 2 heterocycles. The fraction of sp³-hybridized carbons (Fsp3) is 0.111. The van der Waals surface area contributed by atoms with Crippen molar-refractivity contribution in [2.75, 3.05) is 7.11 Å². The van der Waals surface area contributed by atoms with Crippen LogP contribution in [0.1, 0.15) is 5.56 Å². The van der Waals surface area contributed by atoms with E-state index >= 15 is 0 Å². The highest BCUT2D eigenvalue weighted by Gasteiger charge is 2.09. The van der Waals surface area contributed by atoms with E-state index in [-0.39, 0.29) is 5.56 Å². The van der Waals surface area contributed by atoms with Crippen LogP contribution in [-0.4, -0.2) is 16.5 Å². The third kappa shape index (κ3) is 1.77. The van der Waals surface area contributed by atoms with E-state index in [2.05, 4.69) is 4.98 Å². The zero-order chi connectivity index (χ0) is 15.3. The Balaban J connectivity index is 2.23. The van der Waals surface area contributed by atoms with Gasteiger partial charge in [-0.15, -0.1) is 0 Å². The van der Waals surface area contributed by atoms with Gasteiger partial charge in [-0.1, -0.05) is 11.6 Å². The second-order valence-corrected chi connectivity index (χ2v) is 5.39. The van der Waals surface area contributed by atoms with Crippen molar-refractivity contribution in [3.8, 4) is 5.75 Å². The van der Waals surface area contributed by atoms with Gasteiger partial charge in [0.15, 0.2) is 0 Å². The van der Waals surface area contributed by atoms with E-state index in [1.165, 1.54) is 0 Å². The first kappa shape index (κ1) is 12.8. The molecule has 2 aromatic heterocycles. The maximum atomic E-state index is 12.9. The van der Waals surface area contributed by atoms with Crippen molar-refractivity contribution in [2.24, 2.45) is 0 Å². The number of ether oxygens (including phenoxy) is 1. The van der Waals surface area contributed by atoms with Crippen LogP contribution in [0.3, 0.4) is 0 Å². The summed E-state index contributed by atoms with van der Waals surface area (Å²) in [5.41, 5.74) is 3.22. The van der Waals surface area contributed by atoms with Gasteiger partial charge in [0, 0.05) is 5.39 Å². The van der Waals surface area contributed by atoms with Crippen LogP contribution in [0, 0.1) is 6.92 Å². The Morgan fingerprint density at radius 2 is 1.91 bits per heavy atom. The number of fused-ring (bicyclic) bond motifs is 4. The van der Waals surface area contributed by atoms with Gasteiger partial charge in [-0.25, -0.2) is 4.98 Å². The molecule has 4 nitrogen and oxygen atoms in total. The van der Waals surface area contributed by atoms with E-state index in [0.717, 1.165) is 27.7 Å². The number of benzene rings is 2. The molecule has 0 bridgehead atoms. The summed E-state index contributed by atoms with van der Waals surface area (Å²) in [6, 6.07) is 15.2. The first-order valence-corrected chi connectivity index (χ1v) is 7.07. The molecule has 0 radical (unpaired) electrons. The highest BCUT2D eigenvalue weighted by molar-refractivity contribution is 5.87. The average molecular weight is 290 g/mol. The van der Waals surface area contributed by atoms with Gasteiger partial charge in [-0.2, -0.15) is 0 Å². The van der Waals surface area contributed by atoms with Gasteiger partial charge in [0.2, 0.25) is 0 Å². The lowest BCUT2D eigenvalue weighted by atomic mass is 10.1. The lowest BCUT2D eigenvalue weighted by molar-refractivity contribution is 0.415. The van der Waals surface area contributed by atoms with Crippen LogP contribution in [0.15, 0.2) is 53.3 Å². The summed E-state index contributed by atoms with van der Waals surface area (Å²) < 4.78 is 6.91. The third-order valence-electron chi connectivity index (χ3n) is 3.94. The number of aryl methyl sites for hydroxylation is 1. The summed E-state index contributed by atoms with van der Waals surface area (Å²) in [5, 5.41) is 1.59. The van der Waals surface area contributed by atoms with Crippen molar-refractivity contribution < 1.29 is 4.74 Å². The van der Waals surface area contributed by atoms with E-state index in [1.807, 2.05) is 55.5 Å². The monoisotopic (exact) mass is 290 g/mol. The predicted octanol–water partition coefficient (Wildman–Crippen LogP) is 3.32. The van der Waals surface area contributed by atoms with Crippen molar-refractivity contribution in [2.45, 2.75) is 6.92 Å². The molecule has 0 unspecified atom stereocenters. The molecule has 0 saturated heterocycles. The maximum absolute atomic E-state index is 12.9. The molecule has 0 N–H and O–H groups in total. The summed E-state index contributed by atoms with van der Waals surface area (Å²) in [6.45, 7) is 1.97. The molecular weight excluding hydrogens is 276 g/mol. The highest BCUT2D eigenvalue weighted by atomic mass is 16.5. The molecule has 0 fully saturated rings. The van der Waals surface area contributed by atoms with Gasteiger partial charge in [0.1, 0.15) is 11.4 Å². The van der Waals surface area contributed by atoms with Gasteiger partial charge in [0.25, 0.3) is 5.56 Å². The Bertz CT molecular complexity index is 1100. The topological polar surface area (TPSA) is 43.6 Å². The molecule has 22 heavy (non-hydrogen) atoms. The zero-order valence-electron chi connectivity index (χ0n) is 12.3. The van der Waals surface area contributed by atoms with Crippen LogP contribution >= 0.6 is 0 Å². The van der Waals surface area contributed by atoms with Crippen LogP contribution in [0.5, 0.6) is 5.75 Å². The molecule has 4 rings (SSSR count). The minimum atomic E-state index is -0.0422. The molecule has 108 valence electrons. The molecule has 4 heteroatoms. The van der Waals surface area contributed by atoms with Crippen LogP contribution in [0.25, 0.3) is 27.5 Å². The fourth-order valence-corrected chi connectivity index (χ4v) is 2.82. The second-order valence-electron chi connectivity index (χ2n) is 5.39. The molecule has 0 aliphatic carbocycles. The lowest BCUT2D eigenvalue weighted by Gasteiger charge is -2.09. The van der Waals surface area contributed by atoms with Gasteiger partial charge < -0.3 is 4.74 Å². The second kappa shape index (κ2) is 4.56. The Morgan fingerprint density at radius 1 is 1.05 bits per heavy atom. The summed E-state index contributed by atoms with van der Waals surface area (Å²) >= 11 is 0. The SMILES string of the molecule is COc1ccc2c(ccc3nc4ccc(C)cc4c(=O)n32)c1. The number of pyridine rings is 1. The number of hydrogen-bond acceptors (Lipinski definition) is 3. The van der Waals surface area contributed by atoms with E-state index in [0.29, 0.717) is 11.0 Å². The minimum absolute atomic E-state index is 0.0422. The molecule has 0 atom stereocenters. The van der Waals surface area contributed by atoms with Crippen molar-refractivity contribution in [1.82, 2.24) is 9.38 Å². The fourth-order valence-electron chi connectivity index (χ4n) is 2.82. The van der Waals surface area contributed by atoms with E-state index in [1.54, 1.807) is 11.5 Å². The number of nitrogens with zero attached hydrogens (tertiary/aromatic N) is 2. The summed E-state index contributed by atoms with van der Waals surface area (Å²) in [5.74, 6) is 0.768. The lowest BCUT2D eigenvalue weighted by Crippen LogP contribution is -2.16. The number of methoxy groups -OCH3 is 1. The van der Waals surface area contributed by atoms with Gasteiger partial charge in [-0.05, 0) is 49.4 Å². The van der Waals surface area contributed by atoms with E-state index < -0.39 is 0 Å². The quantitative estimate of drug-likeness (QED) is 0.399. The van der Waals surface area contributed by atoms with Crippen molar-refractivity contribution in [1.29, 1.82) is 0 Å². The van der Waals surface area contributed by atoms with E-state index in [9.17, 15) is 4.79 Å². The van der Waals surface area contributed by atoms with Crippen molar-refractivity contribution >= 4 is 27.5 Å². The molecule has 0 aliphatic rings. The maximum Gasteiger partial charge on any atom is 0.266 e. The molecule has 0 spiro atoms. The van der Waals surface area contributed by atoms with Crippen molar-refractivity contribution in [3.63, 3.8) is 0 Å². The van der Waals surface area contributed by atoms with E-state index in [4.69, 9.17) is 4.74 Å². The summed E-state index contributed by atoms with van der Waals surface area (Å²) in [6.07, 6.45) is 0. The Labute approximate surface area is 126 Å². The first-order chi connectivity index (χ1) is 10.7. The minimum Gasteiger partial charge on any atom is -0.497 e. The summed E-state index contributed by atoms with van der Waals surface area (Å²) in [4.78, 5) is 17.5. The smallest absolute Gasteiger partial charge is 0.266 e. The molecular formula is C18H14N2O2. The predicted molar refractivity (Wildman–Crippen MR) is 87.8 cm³/mol. The Morgan fingerprint density at radius 3 is 2.73 bits per heavy atom. The number of aromatic nitrogens is 2. The average Bonchev–Trinajstić information content (AvgIpc) is 2.54. The molecule has 0 saturated carbocycles. The zero-order valence-corrected chi connectivity index (χ0v) is 12.3. The standard InChI is InChI=1S/C18H14N2O2/c1-11-3-6-15-14(9-11)18(21)20-16-7-5-13(22-2)10-12(16)4-8-17(20)19-15/h3-10H,1-2H3. The van der Waals surface area contributed by atoms with Crippen LogP contribution in [0.4, 0.5) is 0 Å². The summed E-state index contributed by atoms with van der Waals surface area (Å²) in [7, 11) is 1.63. The Kier molecular flexibility index (Phi) is 2.66. The number of hydrogen-bond donors (Lipinski definition) is 0. The van der Waals surface area contributed by atoms with Crippen molar-refractivity contribution in [3.05, 3.63) is 64.4 Å². The third-order valence-corrected chi connectivity index (χ3v) is 3.94. The number of rotatable bonds is 1. The Hall–Kier alpha value is -2.88. The van der Waals surface area contributed by atoms with Gasteiger partial charge >= 0.3 is 0 Å².